The first kappa shape index (κ1) is 41.0. The van der Waals surface area contributed by atoms with Gasteiger partial charge in [0, 0.05) is 44.8 Å². The highest BCUT2D eigenvalue weighted by Gasteiger charge is 2.59. The average Bonchev–Trinajstić information content (AvgIpc) is 3.79. The summed E-state index contributed by atoms with van der Waals surface area (Å²) in [4.78, 5) is 5.17. The number of hydrogen-bond acceptors (Lipinski definition) is 3. The van der Waals surface area contributed by atoms with Crippen LogP contribution in [0.25, 0.3) is 0 Å². The SMILES string of the molecule is C#C/C(=C\C=C(/C)C(C)(C)C)N1C2=C(B3c4cc5c(cc4N(C4=CCC(C(C)(C)C)C=C4)c4cc(C)cc1c43)C(C)(C)C=CC5(C)C)C1C=C3C(=CC1S2)C1(C)CCC3(C)C1. The zero-order valence-corrected chi connectivity index (χ0v) is 40.3. The average molecular weight is 823 g/mol. The van der Waals surface area contributed by atoms with Gasteiger partial charge in [0.2, 0.25) is 6.71 Å². The van der Waals surface area contributed by atoms with Crippen LogP contribution in [0.5, 0.6) is 0 Å². The summed E-state index contributed by atoms with van der Waals surface area (Å²) >= 11 is 2.08. The van der Waals surface area contributed by atoms with Gasteiger partial charge in [0.1, 0.15) is 0 Å². The highest BCUT2D eigenvalue weighted by Crippen LogP contribution is 2.69. The van der Waals surface area contributed by atoms with Crippen LogP contribution in [0.4, 0.5) is 17.1 Å². The lowest BCUT2D eigenvalue weighted by Crippen LogP contribution is -2.58. The predicted octanol–water partition coefficient (Wildman–Crippen LogP) is 13.6. The normalized spacial score (nSPS) is 30.2. The molecular formula is C57H67BN2S. The summed E-state index contributed by atoms with van der Waals surface area (Å²) in [6.07, 6.45) is 34.0. The number of thioether (sulfide) groups is 1. The van der Waals surface area contributed by atoms with E-state index in [-0.39, 0.29) is 45.1 Å². The molecule has 3 aliphatic heterocycles. The van der Waals surface area contributed by atoms with Crippen molar-refractivity contribution in [1.29, 1.82) is 0 Å². The van der Waals surface area contributed by atoms with Crippen LogP contribution in [0.1, 0.15) is 132 Å². The van der Waals surface area contributed by atoms with Crippen molar-refractivity contribution in [3.63, 3.8) is 0 Å². The second-order valence-corrected chi connectivity index (χ2v) is 25.0. The number of anilines is 3. The van der Waals surface area contributed by atoms with Gasteiger partial charge >= 0.3 is 0 Å². The third kappa shape index (κ3) is 5.98. The maximum atomic E-state index is 6.72. The van der Waals surface area contributed by atoms with Crippen molar-refractivity contribution < 1.29 is 0 Å². The van der Waals surface area contributed by atoms with Crippen LogP contribution >= 0.6 is 11.8 Å². The van der Waals surface area contributed by atoms with Gasteiger partial charge in [-0.15, -0.1) is 18.2 Å². The lowest BCUT2D eigenvalue weighted by molar-refractivity contribution is 0.293. The minimum atomic E-state index is -0.0931. The minimum absolute atomic E-state index is 0.0447. The van der Waals surface area contributed by atoms with E-state index in [1.54, 1.807) is 11.1 Å². The summed E-state index contributed by atoms with van der Waals surface area (Å²) in [6, 6.07) is 10.2. The molecule has 0 N–H and O–H groups in total. The fourth-order valence-electron chi connectivity index (χ4n) is 12.4. The van der Waals surface area contributed by atoms with Gasteiger partial charge in [0.25, 0.3) is 0 Å². The highest BCUT2D eigenvalue weighted by molar-refractivity contribution is 8.04. The van der Waals surface area contributed by atoms with Crippen molar-refractivity contribution in [3.8, 4) is 12.3 Å². The molecule has 314 valence electrons. The molecule has 2 bridgehead atoms. The van der Waals surface area contributed by atoms with Gasteiger partial charge < -0.3 is 4.90 Å². The second-order valence-electron chi connectivity index (χ2n) is 23.9. The van der Waals surface area contributed by atoms with Gasteiger partial charge in [-0.05, 0) is 136 Å². The first-order chi connectivity index (χ1) is 28.5. The number of hydrogen-bond donors (Lipinski definition) is 0. The van der Waals surface area contributed by atoms with E-state index >= 15 is 0 Å². The summed E-state index contributed by atoms with van der Waals surface area (Å²) < 4.78 is 0. The monoisotopic (exact) mass is 823 g/mol. The number of rotatable bonds is 3. The Morgan fingerprint density at radius 1 is 0.852 bits per heavy atom. The van der Waals surface area contributed by atoms with E-state index in [4.69, 9.17) is 6.42 Å². The number of fused-ring (bicyclic) bond motifs is 11. The Hall–Kier alpha value is -4.07. The molecule has 2 fully saturated rings. The van der Waals surface area contributed by atoms with E-state index in [2.05, 4.69) is 203 Å². The van der Waals surface area contributed by atoms with Crippen molar-refractivity contribution in [2.24, 2.45) is 33.5 Å². The number of aryl methyl sites for hydroxylation is 1. The lowest BCUT2D eigenvalue weighted by atomic mass is 9.31. The smallest absolute Gasteiger partial charge is 0.249 e. The van der Waals surface area contributed by atoms with Crippen molar-refractivity contribution in [1.82, 2.24) is 0 Å². The van der Waals surface area contributed by atoms with Crippen LogP contribution < -0.4 is 20.7 Å². The molecule has 10 rings (SSSR count). The summed E-state index contributed by atoms with van der Waals surface area (Å²) in [6.45, 7) is 33.3. The van der Waals surface area contributed by atoms with Gasteiger partial charge in [0.15, 0.2) is 0 Å². The van der Waals surface area contributed by atoms with Crippen LogP contribution in [0, 0.1) is 52.8 Å². The molecule has 0 aromatic heterocycles. The van der Waals surface area contributed by atoms with Crippen molar-refractivity contribution >= 4 is 46.5 Å². The zero-order chi connectivity index (χ0) is 43.6. The molecule has 0 amide bonds. The summed E-state index contributed by atoms with van der Waals surface area (Å²) in [5.41, 5.74) is 19.7. The standard InChI is InChI=1S/C57H67BN2S/c1-16-37(20-17-35(3)52(4,5)6)60-47-28-34(2)27-46-50(47)58(49-39-29-42-43(32-48(39)61-51(49)60)57(15)26-25-56(42,14)33-57)44-30-40-41(55(12,13)24-23-54(40,10)11)31-45(44)59(46)38-21-18-36(19-22-38)53(7,8)9/h1,17-18,20-24,27-32,36,39,48H,19,25-26,33H2,2-15H3/b35-17+,37-20+. The first-order valence-electron chi connectivity index (χ1n) is 23.2. The molecule has 4 heteroatoms. The maximum absolute atomic E-state index is 6.72. The van der Waals surface area contributed by atoms with Gasteiger partial charge in [-0.3, -0.25) is 4.90 Å². The Morgan fingerprint density at radius 2 is 1.49 bits per heavy atom. The van der Waals surface area contributed by atoms with E-state index in [0.29, 0.717) is 11.2 Å². The molecule has 5 unspecified atom stereocenters. The molecule has 5 aliphatic carbocycles. The molecule has 3 heterocycles. The van der Waals surface area contributed by atoms with E-state index in [9.17, 15) is 0 Å². The van der Waals surface area contributed by atoms with E-state index in [1.165, 1.54) is 85.7 Å². The molecular weight excluding hydrogens is 756 g/mol. The largest absolute Gasteiger partial charge is 0.312 e. The fourth-order valence-corrected chi connectivity index (χ4v) is 14.0. The third-order valence-electron chi connectivity index (χ3n) is 16.6. The Labute approximate surface area is 373 Å². The number of terminal acetylenes is 1. The quantitative estimate of drug-likeness (QED) is 0.132. The molecule has 2 aromatic carbocycles. The van der Waals surface area contributed by atoms with Gasteiger partial charge in [0.05, 0.1) is 10.7 Å². The molecule has 61 heavy (non-hydrogen) atoms. The Balaban J connectivity index is 1.28. The second kappa shape index (κ2) is 13.0. The highest BCUT2D eigenvalue weighted by atomic mass is 32.2. The van der Waals surface area contributed by atoms with Gasteiger partial charge in [-0.25, -0.2) is 0 Å². The molecule has 0 spiro atoms. The van der Waals surface area contributed by atoms with Crippen LogP contribution in [0.3, 0.4) is 0 Å². The number of nitrogens with zero attached hydrogens (tertiary/aromatic N) is 2. The van der Waals surface area contributed by atoms with Crippen LogP contribution in [0.15, 0.2) is 118 Å². The third-order valence-corrected chi connectivity index (χ3v) is 17.9. The molecule has 2 saturated carbocycles. The van der Waals surface area contributed by atoms with E-state index < -0.39 is 0 Å². The topological polar surface area (TPSA) is 6.48 Å². The molecule has 2 aromatic rings. The van der Waals surface area contributed by atoms with Crippen LogP contribution in [-0.4, -0.2) is 12.0 Å². The maximum Gasteiger partial charge on any atom is 0.249 e. The van der Waals surface area contributed by atoms with Gasteiger partial charge in [-0.1, -0.05) is 149 Å². The summed E-state index contributed by atoms with van der Waals surface area (Å²) in [5, 5.41) is 1.67. The molecule has 0 radical (unpaired) electrons. The fraction of sp³-hybridized carbons (Fsp3) is 0.474. The Kier molecular flexibility index (Phi) is 8.73. The molecule has 0 saturated heterocycles. The van der Waals surface area contributed by atoms with Crippen molar-refractivity contribution in [3.05, 3.63) is 134 Å². The van der Waals surface area contributed by atoms with Crippen LogP contribution in [-0.2, 0) is 10.8 Å². The molecule has 8 aliphatic rings. The van der Waals surface area contributed by atoms with E-state index in [0.717, 1.165) is 12.1 Å². The lowest BCUT2D eigenvalue weighted by Gasteiger charge is -2.47. The van der Waals surface area contributed by atoms with E-state index in [1.807, 2.05) is 0 Å². The van der Waals surface area contributed by atoms with Crippen LogP contribution in [0.2, 0.25) is 0 Å². The predicted molar refractivity (Wildman–Crippen MR) is 265 cm³/mol. The number of benzene rings is 2. The Morgan fingerprint density at radius 3 is 2.10 bits per heavy atom. The Bertz CT molecular complexity index is 2630. The molecule has 5 atom stereocenters. The summed E-state index contributed by atoms with van der Waals surface area (Å²) in [5.74, 6) is 4.04. The van der Waals surface area contributed by atoms with Crippen molar-refractivity contribution in [2.45, 2.75) is 139 Å². The summed E-state index contributed by atoms with van der Waals surface area (Å²) in [7, 11) is 0. The zero-order valence-electron chi connectivity index (χ0n) is 39.5. The van der Waals surface area contributed by atoms with Crippen molar-refractivity contribution in [2.75, 3.05) is 9.80 Å². The number of allylic oxidation sites excluding steroid dienone is 13. The minimum Gasteiger partial charge on any atom is -0.312 e. The molecule has 2 nitrogen and oxygen atoms in total. The van der Waals surface area contributed by atoms with Gasteiger partial charge in [-0.2, -0.15) is 0 Å². The first-order valence-corrected chi connectivity index (χ1v) is 24.1.